The normalized spacial score (nSPS) is 10.4. The number of carbonyl (C=O) groups excluding carboxylic acids is 2. The molecule has 27 heavy (non-hydrogen) atoms. The van der Waals surface area contributed by atoms with Gasteiger partial charge in [0.05, 0.1) is 66.1 Å². The minimum Gasteiger partial charge on any atom is -0.460 e. The SMILES string of the molecule is C=CC(=O)OCCOCCOCCOCCOCCOCCOC(=O)C=C. The molecule has 0 aliphatic carbocycles. The highest BCUT2D eigenvalue weighted by atomic mass is 16.6. The van der Waals surface area contributed by atoms with Gasteiger partial charge in [-0.15, -0.1) is 0 Å². The molecule has 0 atom stereocenters. The van der Waals surface area contributed by atoms with Crippen LogP contribution in [0.4, 0.5) is 0 Å². The summed E-state index contributed by atoms with van der Waals surface area (Å²) in [4.78, 5) is 21.5. The topological polar surface area (TPSA) is 98.8 Å². The summed E-state index contributed by atoms with van der Waals surface area (Å²) in [6, 6.07) is 0. The Morgan fingerprint density at radius 3 is 0.926 bits per heavy atom. The molecule has 0 N–H and O–H groups in total. The summed E-state index contributed by atoms with van der Waals surface area (Å²) in [7, 11) is 0. The molecule has 9 nitrogen and oxygen atoms in total. The van der Waals surface area contributed by atoms with Gasteiger partial charge in [0.15, 0.2) is 0 Å². The summed E-state index contributed by atoms with van der Waals surface area (Å²) in [5.41, 5.74) is 0. The second-order valence-corrected chi connectivity index (χ2v) is 4.81. The van der Waals surface area contributed by atoms with Gasteiger partial charge in [-0.2, -0.15) is 0 Å². The lowest BCUT2D eigenvalue weighted by atomic mass is 10.6. The van der Waals surface area contributed by atoms with Crippen molar-refractivity contribution < 1.29 is 42.7 Å². The van der Waals surface area contributed by atoms with E-state index in [9.17, 15) is 9.59 Å². The highest BCUT2D eigenvalue weighted by Crippen LogP contribution is 1.86. The Hall–Kier alpha value is -1.78. The fourth-order valence-electron chi connectivity index (χ4n) is 1.50. The number of rotatable bonds is 20. The summed E-state index contributed by atoms with van der Waals surface area (Å²) in [5, 5.41) is 0. The van der Waals surface area contributed by atoms with Crippen LogP contribution in [0.25, 0.3) is 0 Å². The van der Waals surface area contributed by atoms with Gasteiger partial charge in [0.25, 0.3) is 0 Å². The van der Waals surface area contributed by atoms with E-state index in [0.29, 0.717) is 66.1 Å². The highest BCUT2D eigenvalue weighted by molar-refractivity contribution is 5.81. The Bertz CT molecular complexity index is 362. The maximum absolute atomic E-state index is 10.7. The Morgan fingerprint density at radius 1 is 0.481 bits per heavy atom. The van der Waals surface area contributed by atoms with Gasteiger partial charge >= 0.3 is 11.9 Å². The second kappa shape index (κ2) is 20.5. The van der Waals surface area contributed by atoms with Crippen LogP contribution >= 0.6 is 0 Å². The zero-order valence-corrected chi connectivity index (χ0v) is 15.7. The highest BCUT2D eigenvalue weighted by Gasteiger charge is 1.97. The third-order valence-corrected chi connectivity index (χ3v) is 2.77. The van der Waals surface area contributed by atoms with Crippen LogP contribution in [0.3, 0.4) is 0 Å². The fourth-order valence-corrected chi connectivity index (χ4v) is 1.50. The smallest absolute Gasteiger partial charge is 0.330 e. The van der Waals surface area contributed by atoms with Crippen LogP contribution in [0.5, 0.6) is 0 Å². The predicted octanol–water partition coefficient (Wildman–Crippen LogP) is 0.528. The first kappa shape index (κ1) is 25.2. The maximum atomic E-state index is 10.7. The van der Waals surface area contributed by atoms with Crippen LogP contribution < -0.4 is 0 Å². The van der Waals surface area contributed by atoms with Crippen LogP contribution in [0, 0.1) is 0 Å². The maximum Gasteiger partial charge on any atom is 0.330 e. The first-order chi connectivity index (χ1) is 13.2. The molecule has 0 aliphatic heterocycles. The summed E-state index contributed by atoms with van der Waals surface area (Å²) in [5.74, 6) is -0.926. The summed E-state index contributed by atoms with van der Waals surface area (Å²) < 4.78 is 35.9. The predicted molar refractivity (Wildman–Crippen MR) is 96.4 cm³/mol. The Kier molecular flexibility index (Phi) is 19.2. The Balaban J connectivity index is 3.07. The molecule has 0 amide bonds. The molecule has 0 aliphatic rings. The molecule has 0 saturated carbocycles. The van der Waals surface area contributed by atoms with E-state index in [1.165, 1.54) is 0 Å². The second-order valence-electron chi connectivity index (χ2n) is 4.81. The van der Waals surface area contributed by atoms with Crippen molar-refractivity contribution in [1.82, 2.24) is 0 Å². The lowest BCUT2D eigenvalue weighted by molar-refractivity contribution is -0.140. The van der Waals surface area contributed by atoms with Gasteiger partial charge in [0.2, 0.25) is 0 Å². The van der Waals surface area contributed by atoms with E-state index in [1.807, 2.05) is 0 Å². The van der Waals surface area contributed by atoms with Gasteiger partial charge in [0, 0.05) is 12.2 Å². The van der Waals surface area contributed by atoms with E-state index in [-0.39, 0.29) is 13.2 Å². The van der Waals surface area contributed by atoms with Gasteiger partial charge in [-0.1, -0.05) is 13.2 Å². The van der Waals surface area contributed by atoms with E-state index < -0.39 is 11.9 Å². The van der Waals surface area contributed by atoms with Crippen molar-refractivity contribution in [2.75, 3.05) is 79.3 Å². The van der Waals surface area contributed by atoms with Crippen molar-refractivity contribution in [1.29, 1.82) is 0 Å². The van der Waals surface area contributed by atoms with Crippen molar-refractivity contribution in [3.63, 3.8) is 0 Å². The molecule has 0 spiro atoms. The summed E-state index contributed by atoms with van der Waals surface area (Å²) in [6.07, 6.45) is 2.21. The third kappa shape index (κ3) is 20.4. The van der Waals surface area contributed by atoms with Gasteiger partial charge in [-0.3, -0.25) is 0 Å². The molecular weight excluding hydrogens is 360 g/mol. The molecule has 9 heteroatoms. The van der Waals surface area contributed by atoms with Crippen LogP contribution in [-0.2, 0) is 42.7 Å². The van der Waals surface area contributed by atoms with Crippen LogP contribution in [0.1, 0.15) is 0 Å². The van der Waals surface area contributed by atoms with E-state index in [4.69, 9.17) is 33.2 Å². The molecule has 0 radical (unpaired) electrons. The molecule has 0 aromatic rings. The zero-order chi connectivity index (χ0) is 20.0. The molecule has 0 aromatic heterocycles. The minimum atomic E-state index is -0.463. The molecule has 0 aromatic carbocycles. The number of ether oxygens (including phenoxy) is 7. The number of carbonyl (C=O) groups is 2. The average Bonchev–Trinajstić information content (AvgIpc) is 2.69. The molecule has 0 heterocycles. The largest absolute Gasteiger partial charge is 0.460 e. The number of esters is 2. The van der Waals surface area contributed by atoms with Crippen molar-refractivity contribution in [3.05, 3.63) is 25.3 Å². The first-order valence-corrected chi connectivity index (χ1v) is 8.67. The number of hydrogen-bond acceptors (Lipinski definition) is 9. The Morgan fingerprint density at radius 2 is 0.704 bits per heavy atom. The van der Waals surface area contributed by atoms with Gasteiger partial charge in [-0.25, -0.2) is 9.59 Å². The molecule has 0 saturated heterocycles. The van der Waals surface area contributed by atoms with E-state index in [1.54, 1.807) is 0 Å². The summed E-state index contributed by atoms with van der Waals surface area (Å²) >= 11 is 0. The van der Waals surface area contributed by atoms with E-state index in [0.717, 1.165) is 12.2 Å². The van der Waals surface area contributed by atoms with Crippen LogP contribution in [0.15, 0.2) is 25.3 Å². The minimum absolute atomic E-state index is 0.196. The van der Waals surface area contributed by atoms with Crippen molar-refractivity contribution >= 4 is 11.9 Å². The lowest BCUT2D eigenvalue weighted by Crippen LogP contribution is -2.15. The standard InChI is InChI=1S/C18H30O9/c1-3-17(19)26-15-13-24-11-9-22-7-5-21-6-8-23-10-12-25-14-16-27-18(20)4-2/h3-4H,1-2,5-16H2. The third-order valence-electron chi connectivity index (χ3n) is 2.77. The first-order valence-electron chi connectivity index (χ1n) is 8.67. The van der Waals surface area contributed by atoms with Gasteiger partial charge in [0.1, 0.15) is 13.2 Å². The van der Waals surface area contributed by atoms with Crippen LogP contribution in [-0.4, -0.2) is 91.2 Å². The molecule has 0 rings (SSSR count). The summed E-state index contributed by atoms with van der Waals surface area (Å²) in [6.45, 7) is 11.2. The average molecular weight is 390 g/mol. The lowest BCUT2D eigenvalue weighted by Gasteiger charge is -2.08. The molecule has 0 fully saturated rings. The fraction of sp³-hybridized carbons (Fsp3) is 0.667. The zero-order valence-electron chi connectivity index (χ0n) is 15.7. The van der Waals surface area contributed by atoms with E-state index in [2.05, 4.69) is 13.2 Å². The molecule has 0 bridgehead atoms. The van der Waals surface area contributed by atoms with Crippen molar-refractivity contribution in [2.45, 2.75) is 0 Å². The van der Waals surface area contributed by atoms with Crippen LogP contribution in [0.2, 0.25) is 0 Å². The monoisotopic (exact) mass is 390 g/mol. The molecule has 156 valence electrons. The number of hydrogen-bond donors (Lipinski definition) is 0. The van der Waals surface area contributed by atoms with E-state index >= 15 is 0 Å². The van der Waals surface area contributed by atoms with Gasteiger partial charge in [-0.05, 0) is 0 Å². The van der Waals surface area contributed by atoms with Crippen molar-refractivity contribution in [2.24, 2.45) is 0 Å². The van der Waals surface area contributed by atoms with Crippen molar-refractivity contribution in [3.8, 4) is 0 Å². The quantitative estimate of drug-likeness (QED) is 0.167. The molecule has 0 unspecified atom stereocenters. The molecular formula is C18H30O9. The van der Waals surface area contributed by atoms with Gasteiger partial charge < -0.3 is 33.2 Å². The Labute approximate surface area is 160 Å².